The molecule has 3 aromatic rings. The number of fused-ring (bicyclic) bond motifs is 1. The number of carbonyl (C=O) groups is 1. The van der Waals surface area contributed by atoms with E-state index >= 15 is 0 Å². The summed E-state index contributed by atoms with van der Waals surface area (Å²) in [6.45, 7) is 1.56. The number of nitrogens with zero attached hydrogens (tertiary/aromatic N) is 2. The fourth-order valence-corrected chi connectivity index (χ4v) is 3.32. The Kier molecular flexibility index (Phi) is 6.16. The van der Waals surface area contributed by atoms with Gasteiger partial charge in [0.25, 0.3) is 5.91 Å². The van der Waals surface area contributed by atoms with Crippen molar-refractivity contribution in [3.63, 3.8) is 0 Å². The first-order valence-corrected chi connectivity index (χ1v) is 9.92. The highest BCUT2D eigenvalue weighted by atomic mass is 19.4. The third kappa shape index (κ3) is 5.48. The van der Waals surface area contributed by atoms with Crippen LogP contribution in [0, 0.1) is 0 Å². The Balaban J connectivity index is 1.44. The highest BCUT2D eigenvalue weighted by Crippen LogP contribution is 2.28. The smallest absolute Gasteiger partial charge is 0.491 e. The SMILES string of the molecule is O=C1c2cc(NCc3ccc(OC(F)(F)F)cc3)ccc2OCCN1Cc1ccccn1. The van der Waals surface area contributed by atoms with E-state index in [9.17, 15) is 18.0 Å². The molecule has 0 aliphatic carbocycles. The van der Waals surface area contributed by atoms with Gasteiger partial charge in [0, 0.05) is 18.4 Å². The summed E-state index contributed by atoms with van der Waals surface area (Å²) in [4.78, 5) is 19.1. The summed E-state index contributed by atoms with van der Waals surface area (Å²) in [6, 6.07) is 16.4. The van der Waals surface area contributed by atoms with E-state index in [0.29, 0.717) is 43.2 Å². The van der Waals surface area contributed by atoms with Gasteiger partial charge in [-0.1, -0.05) is 18.2 Å². The van der Waals surface area contributed by atoms with Crippen molar-refractivity contribution in [1.29, 1.82) is 0 Å². The third-order valence-corrected chi connectivity index (χ3v) is 4.85. The Hall–Kier alpha value is -3.75. The van der Waals surface area contributed by atoms with Gasteiger partial charge in [-0.15, -0.1) is 13.2 Å². The van der Waals surface area contributed by atoms with Crippen LogP contribution < -0.4 is 14.8 Å². The molecule has 2 aromatic carbocycles. The van der Waals surface area contributed by atoms with Crippen LogP contribution in [0.1, 0.15) is 21.6 Å². The molecule has 0 saturated heterocycles. The number of alkyl halides is 3. The van der Waals surface area contributed by atoms with E-state index in [1.165, 1.54) is 12.1 Å². The number of pyridine rings is 1. The molecule has 0 saturated carbocycles. The van der Waals surface area contributed by atoms with Crippen LogP contribution in [0.25, 0.3) is 0 Å². The lowest BCUT2D eigenvalue weighted by atomic mass is 10.1. The molecule has 0 spiro atoms. The molecule has 1 aliphatic heterocycles. The second-order valence-corrected chi connectivity index (χ2v) is 7.15. The Morgan fingerprint density at radius 2 is 1.91 bits per heavy atom. The molecule has 1 aromatic heterocycles. The molecule has 4 rings (SSSR count). The Morgan fingerprint density at radius 1 is 1.09 bits per heavy atom. The minimum absolute atomic E-state index is 0.152. The quantitative estimate of drug-likeness (QED) is 0.602. The first-order chi connectivity index (χ1) is 15.4. The van der Waals surface area contributed by atoms with Crippen molar-refractivity contribution in [2.45, 2.75) is 19.5 Å². The number of aromatic nitrogens is 1. The number of amides is 1. The Morgan fingerprint density at radius 3 is 2.62 bits per heavy atom. The highest BCUT2D eigenvalue weighted by Gasteiger charge is 2.31. The van der Waals surface area contributed by atoms with Crippen molar-refractivity contribution in [2.24, 2.45) is 0 Å². The lowest BCUT2D eigenvalue weighted by Crippen LogP contribution is -2.32. The molecule has 166 valence electrons. The molecule has 1 aliphatic rings. The van der Waals surface area contributed by atoms with Crippen LogP contribution in [0.15, 0.2) is 66.9 Å². The predicted octanol–water partition coefficient (Wildman–Crippen LogP) is 4.63. The predicted molar refractivity (Wildman–Crippen MR) is 111 cm³/mol. The van der Waals surface area contributed by atoms with Crippen LogP contribution in [-0.4, -0.2) is 35.3 Å². The van der Waals surface area contributed by atoms with Gasteiger partial charge >= 0.3 is 6.36 Å². The first-order valence-electron chi connectivity index (χ1n) is 9.92. The van der Waals surface area contributed by atoms with E-state index in [4.69, 9.17) is 4.74 Å². The lowest BCUT2D eigenvalue weighted by molar-refractivity contribution is -0.274. The van der Waals surface area contributed by atoms with Gasteiger partial charge in [-0.2, -0.15) is 0 Å². The van der Waals surface area contributed by atoms with E-state index in [2.05, 4.69) is 15.0 Å². The molecule has 0 unspecified atom stereocenters. The normalized spacial score (nSPS) is 13.7. The number of hydrogen-bond acceptors (Lipinski definition) is 5. The number of nitrogens with one attached hydrogen (secondary N) is 1. The number of hydrogen-bond donors (Lipinski definition) is 1. The van der Waals surface area contributed by atoms with E-state index in [0.717, 1.165) is 11.3 Å². The van der Waals surface area contributed by atoms with Crippen LogP contribution in [0.4, 0.5) is 18.9 Å². The van der Waals surface area contributed by atoms with Crippen LogP contribution in [0.3, 0.4) is 0 Å². The van der Waals surface area contributed by atoms with Crippen molar-refractivity contribution >= 4 is 11.6 Å². The molecular formula is C23H20F3N3O3. The van der Waals surface area contributed by atoms with Crippen molar-refractivity contribution in [2.75, 3.05) is 18.5 Å². The summed E-state index contributed by atoms with van der Waals surface area (Å²) >= 11 is 0. The summed E-state index contributed by atoms with van der Waals surface area (Å²) in [5.41, 5.74) is 2.68. The fraction of sp³-hybridized carbons (Fsp3) is 0.217. The fourth-order valence-electron chi connectivity index (χ4n) is 3.32. The number of rotatable bonds is 6. The third-order valence-electron chi connectivity index (χ3n) is 4.85. The largest absolute Gasteiger partial charge is 0.573 e. The van der Waals surface area contributed by atoms with E-state index in [1.54, 1.807) is 41.4 Å². The summed E-state index contributed by atoms with van der Waals surface area (Å²) in [5.74, 6) is 0.0835. The molecule has 6 nitrogen and oxygen atoms in total. The lowest BCUT2D eigenvalue weighted by Gasteiger charge is -2.19. The van der Waals surface area contributed by atoms with Gasteiger partial charge < -0.3 is 19.7 Å². The molecule has 0 atom stereocenters. The van der Waals surface area contributed by atoms with Gasteiger partial charge in [0.15, 0.2) is 0 Å². The maximum Gasteiger partial charge on any atom is 0.573 e. The molecule has 1 N–H and O–H groups in total. The second-order valence-electron chi connectivity index (χ2n) is 7.15. The van der Waals surface area contributed by atoms with Crippen LogP contribution in [-0.2, 0) is 13.1 Å². The van der Waals surface area contributed by atoms with Crippen LogP contribution >= 0.6 is 0 Å². The van der Waals surface area contributed by atoms with Crippen molar-refractivity contribution in [1.82, 2.24) is 9.88 Å². The van der Waals surface area contributed by atoms with E-state index < -0.39 is 6.36 Å². The molecule has 1 amide bonds. The molecule has 0 radical (unpaired) electrons. The molecule has 2 heterocycles. The molecular weight excluding hydrogens is 423 g/mol. The minimum Gasteiger partial charge on any atom is -0.491 e. The van der Waals surface area contributed by atoms with Gasteiger partial charge in [-0.05, 0) is 48.0 Å². The summed E-state index contributed by atoms with van der Waals surface area (Å²) in [6.07, 6.45) is -3.04. The first kappa shape index (κ1) is 21.5. The topological polar surface area (TPSA) is 63.7 Å². The number of ether oxygens (including phenoxy) is 2. The minimum atomic E-state index is -4.72. The average molecular weight is 443 g/mol. The summed E-state index contributed by atoms with van der Waals surface area (Å²) < 4.78 is 46.5. The Bertz CT molecular complexity index is 1070. The molecule has 0 bridgehead atoms. The Labute approximate surface area is 182 Å². The highest BCUT2D eigenvalue weighted by molar-refractivity contribution is 5.98. The van der Waals surface area contributed by atoms with Crippen molar-refractivity contribution in [3.8, 4) is 11.5 Å². The van der Waals surface area contributed by atoms with Gasteiger partial charge in [0.1, 0.15) is 18.1 Å². The number of benzene rings is 2. The zero-order valence-electron chi connectivity index (χ0n) is 16.9. The van der Waals surface area contributed by atoms with E-state index in [-0.39, 0.29) is 11.7 Å². The number of halogens is 3. The van der Waals surface area contributed by atoms with Gasteiger partial charge in [0.05, 0.1) is 24.3 Å². The number of anilines is 1. The van der Waals surface area contributed by atoms with Crippen molar-refractivity contribution < 1.29 is 27.4 Å². The van der Waals surface area contributed by atoms with Gasteiger partial charge in [-0.3, -0.25) is 9.78 Å². The molecule has 0 fully saturated rings. The van der Waals surface area contributed by atoms with Gasteiger partial charge in [0.2, 0.25) is 0 Å². The zero-order valence-corrected chi connectivity index (χ0v) is 16.9. The maximum atomic E-state index is 13.1. The van der Waals surface area contributed by atoms with Crippen LogP contribution in [0.2, 0.25) is 0 Å². The van der Waals surface area contributed by atoms with Gasteiger partial charge in [-0.25, -0.2) is 0 Å². The standard InChI is InChI=1S/C23H20F3N3O3/c24-23(25,26)32-19-7-4-16(5-8-19)14-28-17-6-9-21-20(13-17)22(30)29(11-12-31-21)15-18-3-1-2-10-27-18/h1-10,13,28H,11-12,14-15H2. The van der Waals surface area contributed by atoms with E-state index in [1.807, 2.05) is 18.2 Å². The van der Waals surface area contributed by atoms with Crippen LogP contribution in [0.5, 0.6) is 11.5 Å². The molecule has 9 heteroatoms. The zero-order chi connectivity index (χ0) is 22.6. The maximum absolute atomic E-state index is 13.1. The molecule has 32 heavy (non-hydrogen) atoms. The summed E-state index contributed by atoms with van der Waals surface area (Å²) in [7, 11) is 0. The summed E-state index contributed by atoms with van der Waals surface area (Å²) in [5, 5.41) is 3.18. The number of carbonyl (C=O) groups excluding carboxylic acids is 1. The monoisotopic (exact) mass is 443 g/mol. The van der Waals surface area contributed by atoms with Crippen molar-refractivity contribution in [3.05, 3.63) is 83.7 Å². The average Bonchev–Trinajstić information content (AvgIpc) is 2.92. The second kappa shape index (κ2) is 9.17.